The molecular formula is C18H12BrN3OS. The molecule has 2 aromatic carbocycles. The largest absolute Gasteiger partial charge is 0.337 e. The Kier molecular flexibility index (Phi) is 3.92. The lowest BCUT2D eigenvalue weighted by molar-refractivity contribution is 0.102. The average Bonchev–Trinajstić information content (AvgIpc) is 3.24. The normalized spacial score (nSPS) is 10.9. The highest BCUT2D eigenvalue weighted by molar-refractivity contribution is 9.10. The van der Waals surface area contributed by atoms with Gasteiger partial charge < -0.3 is 10.3 Å². The number of nitrogens with zero attached hydrogens (tertiary/aromatic N) is 1. The number of nitrogens with one attached hydrogen (secondary N) is 2. The molecule has 118 valence electrons. The Hall–Kier alpha value is -2.44. The number of H-pyrrole nitrogens is 1. The van der Waals surface area contributed by atoms with E-state index < -0.39 is 0 Å². The number of hydrogen-bond acceptors (Lipinski definition) is 3. The maximum Gasteiger partial charge on any atom is 0.256 e. The summed E-state index contributed by atoms with van der Waals surface area (Å²) in [6.07, 6.45) is 0. The minimum Gasteiger partial charge on any atom is -0.337 e. The van der Waals surface area contributed by atoms with Gasteiger partial charge in [-0.05, 0) is 57.7 Å². The fourth-order valence-corrected chi connectivity index (χ4v) is 3.60. The van der Waals surface area contributed by atoms with Crippen LogP contribution < -0.4 is 5.32 Å². The van der Waals surface area contributed by atoms with Crippen molar-refractivity contribution in [2.75, 3.05) is 5.32 Å². The van der Waals surface area contributed by atoms with Gasteiger partial charge >= 0.3 is 0 Å². The Morgan fingerprint density at radius 3 is 2.79 bits per heavy atom. The van der Waals surface area contributed by atoms with Crippen molar-refractivity contribution >= 4 is 49.9 Å². The summed E-state index contributed by atoms with van der Waals surface area (Å²) < 4.78 is 0.769. The van der Waals surface area contributed by atoms with Gasteiger partial charge in [0.2, 0.25) is 0 Å². The molecule has 0 aliphatic rings. The molecule has 0 unspecified atom stereocenters. The first-order valence-electron chi connectivity index (χ1n) is 7.30. The van der Waals surface area contributed by atoms with E-state index in [0.29, 0.717) is 5.56 Å². The fourth-order valence-electron chi connectivity index (χ4n) is 2.46. The molecule has 0 fully saturated rings. The van der Waals surface area contributed by atoms with Crippen LogP contribution in [0.4, 0.5) is 5.69 Å². The number of carbonyl (C=O) groups is 1. The summed E-state index contributed by atoms with van der Waals surface area (Å²) in [4.78, 5) is 21.4. The summed E-state index contributed by atoms with van der Waals surface area (Å²) in [7, 11) is 0. The summed E-state index contributed by atoms with van der Waals surface area (Å²) in [6, 6.07) is 17.0. The second-order valence-corrected chi connectivity index (χ2v) is 7.03. The van der Waals surface area contributed by atoms with Crippen LogP contribution in [0.15, 0.2) is 64.5 Å². The molecule has 0 atom stereocenters. The molecule has 24 heavy (non-hydrogen) atoms. The Morgan fingerprint density at radius 2 is 2.00 bits per heavy atom. The maximum atomic E-state index is 12.4. The molecule has 0 saturated heterocycles. The number of fused-ring (bicyclic) bond motifs is 1. The minimum absolute atomic E-state index is 0.153. The third-order valence-electron chi connectivity index (χ3n) is 3.61. The first-order chi connectivity index (χ1) is 11.7. The second kappa shape index (κ2) is 6.22. The molecule has 2 aromatic heterocycles. The average molecular weight is 398 g/mol. The Bertz CT molecular complexity index is 1020. The molecule has 1 amide bonds. The van der Waals surface area contributed by atoms with E-state index in [4.69, 9.17) is 0 Å². The Balaban J connectivity index is 1.63. The highest BCUT2D eigenvalue weighted by Gasteiger charge is 2.11. The monoisotopic (exact) mass is 397 g/mol. The van der Waals surface area contributed by atoms with Crippen LogP contribution in [0, 0.1) is 0 Å². The van der Waals surface area contributed by atoms with Gasteiger partial charge in [-0.15, -0.1) is 11.3 Å². The molecule has 0 radical (unpaired) electrons. The molecule has 6 heteroatoms. The van der Waals surface area contributed by atoms with Gasteiger partial charge in [0.1, 0.15) is 5.82 Å². The zero-order valence-corrected chi connectivity index (χ0v) is 14.8. The van der Waals surface area contributed by atoms with Crippen LogP contribution in [0.3, 0.4) is 0 Å². The van der Waals surface area contributed by atoms with Gasteiger partial charge in [0, 0.05) is 10.2 Å². The van der Waals surface area contributed by atoms with Gasteiger partial charge in [-0.25, -0.2) is 4.98 Å². The lowest BCUT2D eigenvalue weighted by atomic mass is 10.2. The third-order valence-corrected chi connectivity index (χ3v) is 5.18. The highest BCUT2D eigenvalue weighted by atomic mass is 79.9. The smallest absolute Gasteiger partial charge is 0.256 e. The number of anilines is 1. The molecule has 2 heterocycles. The lowest BCUT2D eigenvalue weighted by Crippen LogP contribution is -2.12. The Labute approximate surface area is 150 Å². The predicted molar refractivity (Wildman–Crippen MR) is 102 cm³/mol. The van der Waals surface area contributed by atoms with Crippen molar-refractivity contribution in [1.29, 1.82) is 0 Å². The van der Waals surface area contributed by atoms with Gasteiger partial charge in [0.15, 0.2) is 0 Å². The van der Waals surface area contributed by atoms with Crippen molar-refractivity contribution in [3.8, 4) is 10.7 Å². The summed E-state index contributed by atoms with van der Waals surface area (Å²) in [5.74, 6) is 0.689. The van der Waals surface area contributed by atoms with Crippen molar-refractivity contribution in [1.82, 2.24) is 9.97 Å². The SMILES string of the molecule is O=C(Nc1ccc2nc(-c3cccs3)[nH]c2c1)c1ccccc1Br. The van der Waals surface area contributed by atoms with Crippen molar-refractivity contribution < 1.29 is 4.79 Å². The van der Waals surface area contributed by atoms with E-state index in [1.54, 1.807) is 17.4 Å². The first-order valence-corrected chi connectivity index (χ1v) is 8.97. The van der Waals surface area contributed by atoms with Gasteiger partial charge in [-0.3, -0.25) is 4.79 Å². The van der Waals surface area contributed by atoms with Gasteiger partial charge in [0.05, 0.1) is 21.5 Å². The molecule has 4 nitrogen and oxygen atoms in total. The minimum atomic E-state index is -0.153. The number of hydrogen-bond donors (Lipinski definition) is 2. The second-order valence-electron chi connectivity index (χ2n) is 5.23. The maximum absolute atomic E-state index is 12.4. The number of halogens is 1. The molecule has 4 aromatic rings. The van der Waals surface area contributed by atoms with E-state index in [9.17, 15) is 4.79 Å². The van der Waals surface area contributed by atoms with Crippen LogP contribution in [0.2, 0.25) is 0 Å². The Morgan fingerprint density at radius 1 is 1.12 bits per heavy atom. The third kappa shape index (κ3) is 2.86. The van der Waals surface area contributed by atoms with Crippen LogP contribution in [0.5, 0.6) is 0 Å². The van der Waals surface area contributed by atoms with E-state index in [0.717, 1.165) is 31.9 Å². The van der Waals surface area contributed by atoms with Crippen LogP contribution in [0.1, 0.15) is 10.4 Å². The van der Waals surface area contributed by atoms with E-state index >= 15 is 0 Å². The number of aromatic nitrogens is 2. The summed E-state index contributed by atoms with van der Waals surface area (Å²) >= 11 is 5.04. The standard InChI is InChI=1S/C18H12BrN3OS/c19-13-5-2-1-4-12(13)18(23)20-11-7-8-14-15(10-11)22-17(21-14)16-6-3-9-24-16/h1-10H,(H,20,23)(H,21,22). The van der Waals surface area contributed by atoms with Gasteiger partial charge in [0.25, 0.3) is 5.91 Å². The molecule has 4 rings (SSSR count). The molecule has 0 aliphatic carbocycles. The van der Waals surface area contributed by atoms with E-state index in [-0.39, 0.29) is 5.91 Å². The fraction of sp³-hybridized carbons (Fsp3) is 0. The summed E-state index contributed by atoms with van der Waals surface area (Å²) in [5.41, 5.74) is 3.09. The first kappa shape index (κ1) is 15.1. The zero-order valence-electron chi connectivity index (χ0n) is 12.4. The number of carbonyl (C=O) groups excluding carboxylic acids is 1. The number of aromatic amines is 1. The topological polar surface area (TPSA) is 57.8 Å². The number of benzene rings is 2. The van der Waals surface area contributed by atoms with Crippen LogP contribution in [-0.2, 0) is 0 Å². The van der Waals surface area contributed by atoms with Crippen LogP contribution in [0.25, 0.3) is 21.7 Å². The van der Waals surface area contributed by atoms with E-state index in [1.165, 1.54) is 0 Å². The number of thiophene rings is 1. The van der Waals surface area contributed by atoms with Crippen LogP contribution in [-0.4, -0.2) is 15.9 Å². The molecule has 2 N–H and O–H groups in total. The molecule has 0 bridgehead atoms. The van der Waals surface area contributed by atoms with Gasteiger partial charge in [-0.2, -0.15) is 0 Å². The van der Waals surface area contributed by atoms with Crippen LogP contribution >= 0.6 is 27.3 Å². The zero-order chi connectivity index (χ0) is 16.5. The molecule has 0 aliphatic heterocycles. The molecular weight excluding hydrogens is 386 g/mol. The molecule has 0 saturated carbocycles. The lowest BCUT2D eigenvalue weighted by Gasteiger charge is -2.06. The number of imidazole rings is 1. The summed E-state index contributed by atoms with van der Waals surface area (Å²) in [5, 5.41) is 4.94. The van der Waals surface area contributed by atoms with Crippen molar-refractivity contribution in [2.24, 2.45) is 0 Å². The number of amides is 1. The van der Waals surface area contributed by atoms with Crippen molar-refractivity contribution in [3.63, 3.8) is 0 Å². The number of rotatable bonds is 3. The van der Waals surface area contributed by atoms with Crippen molar-refractivity contribution in [3.05, 3.63) is 70.0 Å². The highest BCUT2D eigenvalue weighted by Crippen LogP contribution is 2.26. The van der Waals surface area contributed by atoms with Crippen molar-refractivity contribution in [2.45, 2.75) is 0 Å². The summed E-state index contributed by atoms with van der Waals surface area (Å²) in [6.45, 7) is 0. The molecule has 0 spiro atoms. The van der Waals surface area contributed by atoms with E-state index in [1.807, 2.05) is 53.9 Å². The predicted octanol–water partition coefficient (Wildman–Crippen LogP) is 5.31. The van der Waals surface area contributed by atoms with Gasteiger partial charge in [-0.1, -0.05) is 18.2 Å². The van der Waals surface area contributed by atoms with E-state index in [2.05, 4.69) is 31.2 Å². The quantitative estimate of drug-likeness (QED) is 0.492.